The molecular weight excluding hydrogens is 375 g/mol. The first-order valence-corrected chi connectivity index (χ1v) is 6.98. The minimum Gasteiger partial charge on any atom is -0.478 e. The molecule has 2 aromatic carbocycles. The molecule has 2 aromatic rings. The fourth-order valence-corrected chi connectivity index (χ4v) is 2.11. The van der Waals surface area contributed by atoms with Gasteiger partial charge in [0.15, 0.2) is 0 Å². The van der Waals surface area contributed by atoms with E-state index < -0.39 is 5.97 Å². The van der Waals surface area contributed by atoms with Gasteiger partial charge in [-0.05, 0) is 64.1 Å². The molecule has 0 bridgehead atoms. The molecule has 0 saturated heterocycles. The van der Waals surface area contributed by atoms with Crippen LogP contribution in [0.25, 0.3) is 11.6 Å². The van der Waals surface area contributed by atoms with Crippen LogP contribution in [0, 0.1) is 3.57 Å². The van der Waals surface area contributed by atoms with Crippen molar-refractivity contribution in [1.82, 2.24) is 0 Å². The van der Waals surface area contributed by atoms with Crippen molar-refractivity contribution in [1.29, 1.82) is 0 Å². The number of rotatable bonds is 3. The molecular formula is C15H10ClIO2. The number of hydrogen-bond donors (Lipinski definition) is 1. The van der Waals surface area contributed by atoms with Gasteiger partial charge in [0.25, 0.3) is 0 Å². The number of benzene rings is 2. The van der Waals surface area contributed by atoms with Crippen LogP contribution >= 0.6 is 34.2 Å². The molecule has 0 saturated carbocycles. The van der Waals surface area contributed by atoms with Crippen molar-refractivity contribution >= 4 is 51.8 Å². The fourth-order valence-electron chi connectivity index (χ4n) is 1.62. The van der Waals surface area contributed by atoms with Crippen molar-refractivity contribution in [2.45, 2.75) is 0 Å². The minimum atomic E-state index is -0.948. The van der Waals surface area contributed by atoms with E-state index in [2.05, 4.69) is 22.6 Å². The highest BCUT2D eigenvalue weighted by atomic mass is 127. The number of carboxylic acid groups (broad SMARTS) is 1. The van der Waals surface area contributed by atoms with E-state index in [0.717, 1.165) is 9.13 Å². The molecule has 0 atom stereocenters. The second kappa shape index (κ2) is 6.21. The Morgan fingerprint density at radius 1 is 1.05 bits per heavy atom. The summed E-state index contributed by atoms with van der Waals surface area (Å²) in [5.74, 6) is -0.948. The van der Waals surface area contributed by atoms with E-state index in [-0.39, 0.29) is 5.57 Å². The smallest absolute Gasteiger partial charge is 0.336 e. The Balaban J connectivity index is 2.43. The normalized spacial score (nSPS) is 11.4. The van der Waals surface area contributed by atoms with Gasteiger partial charge in [-0.15, -0.1) is 0 Å². The summed E-state index contributed by atoms with van der Waals surface area (Å²) < 4.78 is 1.07. The molecule has 0 fully saturated rings. The third-order valence-electron chi connectivity index (χ3n) is 2.57. The summed E-state index contributed by atoms with van der Waals surface area (Å²) in [6, 6.07) is 14.4. The van der Waals surface area contributed by atoms with Gasteiger partial charge in [-0.1, -0.05) is 35.9 Å². The zero-order valence-corrected chi connectivity index (χ0v) is 12.7. The van der Waals surface area contributed by atoms with Gasteiger partial charge in [0.1, 0.15) is 0 Å². The first kappa shape index (κ1) is 14.1. The third kappa shape index (κ3) is 3.81. The molecule has 19 heavy (non-hydrogen) atoms. The van der Waals surface area contributed by atoms with Crippen LogP contribution in [0.1, 0.15) is 11.1 Å². The topological polar surface area (TPSA) is 37.3 Å². The Morgan fingerprint density at radius 2 is 1.63 bits per heavy atom. The van der Waals surface area contributed by atoms with Gasteiger partial charge >= 0.3 is 5.97 Å². The highest BCUT2D eigenvalue weighted by molar-refractivity contribution is 14.1. The molecule has 0 aromatic heterocycles. The van der Waals surface area contributed by atoms with E-state index in [4.69, 9.17) is 11.6 Å². The Kier molecular flexibility index (Phi) is 4.61. The molecule has 0 radical (unpaired) electrons. The summed E-state index contributed by atoms with van der Waals surface area (Å²) in [6.07, 6.45) is 1.64. The molecule has 0 heterocycles. The lowest BCUT2D eigenvalue weighted by Gasteiger charge is -2.03. The van der Waals surface area contributed by atoms with Gasteiger partial charge in [-0.25, -0.2) is 4.79 Å². The summed E-state index contributed by atoms with van der Waals surface area (Å²) in [6.45, 7) is 0. The lowest BCUT2D eigenvalue weighted by atomic mass is 10.0. The molecule has 4 heteroatoms. The quantitative estimate of drug-likeness (QED) is 0.478. The van der Waals surface area contributed by atoms with Crippen LogP contribution in [0.5, 0.6) is 0 Å². The van der Waals surface area contributed by atoms with Crippen molar-refractivity contribution in [3.8, 4) is 0 Å². The van der Waals surface area contributed by atoms with Crippen LogP contribution in [0.4, 0.5) is 0 Å². The Labute approximate surface area is 129 Å². The van der Waals surface area contributed by atoms with Gasteiger partial charge in [0, 0.05) is 8.59 Å². The summed E-state index contributed by atoms with van der Waals surface area (Å²) in [7, 11) is 0. The average molecular weight is 385 g/mol. The molecule has 2 nitrogen and oxygen atoms in total. The number of aliphatic carboxylic acids is 1. The number of halogens is 2. The van der Waals surface area contributed by atoms with Crippen molar-refractivity contribution in [2.75, 3.05) is 0 Å². The van der Waals surface area contributed by atoms with Gasteiger partial charge in [0.05, 0.1) is 5.57 Å². The standard InChI is InChI=1S/C15H10ClIO2/c16-12-5-1-10(2-6-12)9-14(15(18)19)11-3-7-13(17)8-4-11/h1-9H,(H,18,19). The first-order chi connectivity index (χ1) is 9.06. The van der Waals surface area contributed by atoms with Crippen LogP contribution in [-0.2, 0) is 4.79 Å². The predicted molar refractivity (Wildman–Crippen MR) is 86.1 cm³/mol. The van der Waals surface area contributed by atoms with Crippen LogP contribution in [0.2, 0.25) is 5.02 Å². The first-order valence-electron chi connectivity index (χ1n) is 5.53. The summed E-state index contributed by atoms with van der Waals surface area (Å²) in [4.78, 5) is 11.4. The average Bonchev–Trinajstić information content (AvgIpc) is 2.39. The van der Waals surface area contributed by atoms with E-state index in [1.807, 2.05) is 12.1 Å². The predicted octanol–water partition coefficient (Wildman–Crippen LogP) is 4.57. The molecule has 0 aliphatic carbocycles. The van der Waals surface area contributed by atoms with Crippen LogP contribution in [0.15, 0.2) is 48.5 Å². The van der Waals surface area contributed by atoms with Gasteiger partial charge in [0.2, 0.25) is 0 Å². The van der Waals surface area contributed by atoms with Crippen molar-refractivity contribution in [3.05, 3.63) is 68.3 Å². The molecule has 0 spiro atoms. The van der Waals surface area contributed by atoms with E-state index >= 15 is 0 Å². The zero-order valence-electron chi connectivity index (χ0n) is 9.81. The number of carboxylic acids is 1. The molecule has 96 valence electrons. The van der Waals surface area contributed by atoms with Crippen molar-refractivity contribution < 1.29 is 9.90 Å². The van der Waals surface area contributed by atoms with E-state index in [0.29, 0.717) is 10.6 Å². The highest BCUT2D eigenvalue weighted by Gasteiger charge is 2.10. The minimum absolute atomic E-state index is 0.263. The van der Waals surface area contributed by atoms with Crippen molar-refractivity contribution in [3.63, 3.8) is 0 Å². The number of carbonyl (C=O) groups is 1. The zero-order chi connectivity index (χ0) is 13.8. The van der Waals surface area contributed by atoms with Crippen LogP contribution in [-0.4, -0.2) is 11.1 Å². The van der Waals surface area contributed by atoms with Gasteiger partial charge in [-0.2, -0.15) is 0 Å². The lowest BCUT2D eigenvalue weighted by Crippen LogP contribution is -1.99. The largest absolute Gasteiger partial charge is 0.478 e. The van der Waals surface area contributed by atoms with E-state index in [1.54, 1.807) is 42.5 Å². The molecule has 0 amide bonds. The molecule has 0 unspecified atom stereocenters. The van der Waals surface area contributed by atoms with Crippen LogP contribution in [0.3, 0.4) is 0 Å². The Hall–Kier alpha value is -1.33. The maximum atomic E-state index is 11.4. The molecule has 0 aliphatic rings. The lowest BCUT2D eigenvalue weighted by molar-refractivity contribution is -0.130. The second-order valence-electron chi connectivity index (χ2n) is 3.92. The molecule has 1 N–H and O–H groups in total. The van der Waals surface area contributed by atoms with Crippen LogP contribution < -0.4 is 0 Å². The maximum absolute atomic E-state index is 11.4. The van der Waals surface area contributed by atoms with E-state index in [1.165, 1.54) is 0 Å². The monoisotopic (exact) mass is 384 g/mol. The number of hydrogen-bond acceptors (Lipinski definition) is 1. The van der Waals surface area contributed by atoms with Gasteiger partial charge < -0.3 is 5.11 Å². The Bertz CT molecular complexity index is 616. The summed E-state index contributed by atoms with van der Waals surface area (Å²) in [5, 5.41) is 9.94. The maximum Gasteiger partial charge on any atom is 0.336 e. The second-order valence-corrected chi connectivity index (χ2v) is 5.60. The Morgan fingerprint density at radius 3 is 2.16 bits per heavy atom. The third-order valence-corrected chi connectivity index (χ3v) is 3.54. The summed E-state index contributed by atoms with van der Waals surface area (Å²) >= 11 is 7.99. The summed E-state index contributed by atoms with van der Waals surface area (Å²) in [5.41, 5.74) is 1.75. The molecule has 2 rings (SSSR count). The van der Waals surface area contributed by atoms with Gasteiger partial charge in [-0.3, -0.25) is 0 Å². The SMILES string of the molecule is O=C(O)C(=Cc1ccc(Cl)cc1)c1ccc(I)cc1. The van der Waals surface area contributed by atoms with E-state index in [9.17, 15) is 9.90 Å². The fraction of sp³-hybridized carbons (Fsp3) is 0. The van der Waals surface area contributed by atoms with Crippen molar-refractivity contribution in [2.24, 2.45) is 0 Å². The highest BCUT2D eigenvalue weighted by Crippen LogP contribution is 2.21. The molecule has 0 aliphatic heterocycles.